The maximum Gasteiger partial charge on any atom is 0.252 e. The van der Waals surface area contributed by atoms with Crippen LogP contribution in [-0.4, -0.2) is 36.9 Å². The molecule has 6 rings (SSSR count). The number of tetrazole rings is 1. The summed E-state index contributed by atoms with van der Waals surface area (Å²) in [7, 11) is 0. The number of aromatic amines is 1. The Hall–Kier alpha value is -3.72. The van der Waals surface area contributed by atoms with Crippen molar-refractivity contribution in [3.05, 3.63) is 75.3 Å². The number of ether oxygens (including phenoxy) is 2. The predicted octanol–water partition coefficient (Wildman–Crippen LogP) is 5.21. The van der Waals surface area contributed by atoms with Gasteiger partial charge in [-0.05, 0) is 77.9 Å². The molecule has 1 aliphatic heterocycles. The van der Waals surface area contributed by atoms with Gasteiger partial charge in [0, 0.05) is 24.2 Å². The zero-order valence-corrected chi connectivity index (χ0v) is 22.0. The molecule has 9 heteroatoms. The molecule has 2 aliphatic rings. The number of nitrogens with zero attached hydrogens (tertiary/aromatic N) is 5. The number of pyridine rings is 1. The Morgan fingerprint density at radius 3 is 2.74 bits per heavy atom. The van der Waals surface area contributed by atoms with Crippen LogP contribution in [0.4, 0.5) is 0 Å². The van der Waals surface area contributed by atoms with Crippen molar-refractivity contribution in [3.63, 3.8) is 0 Å². The Morgan fingerprint density at radius 1 is 1.05 bits per heavy atom. The van der Waals surface area contributed by atoms with Gasteiger partial charge in [0.1, 0.15) is 0 Å². The number of rotatable bonds is 8. The van der Waals surface area contributed by atoms with Crippen molar-refractivity contribution >= 4 is 10.9 Å². The van der Waals surface area contributed by atoms with Crippen LogP contribution in [0.2, 0.25) is 0 Å². The first-order valence-corrected chi connectivity index (χ1v) is 13.6. The maximum atomic E-state index is 13.2. The van der Waals surface area contributed by atoms with E-state index < -0.39 is 0 Å². The van der Waals surface area contributed by atoms with Crippen LogP contribution in [0, 0.1) is 6.92 Å². The fraction of sp³-hybridized carbons (Fsp3) is 0.448. The van der Waals surface area contributed by atoms with Gasteiger partial charge in [0.2, 0.25) is 6.79 Å². The molecule has 2 aromatic carbocycles. The van der Waals surface area contributed by atoms with Crippen molar-refractivity contribution in [3.8, 4) is 11.5 Å². The number of aryl methyl sites for hydroxylation is 1. The highest BCUT2D eigenvalue weighted by Crippen LogP contribution is 2.35. The van der Waals surface area contributed by atoms with Crippen LogP contribution >= 0.6 is 0 Å². The molecule has 0 saturated heterocycles. The molecule has 0 bridgehead atoms. The third-order valence-corrected chi connectivity index (χ3v) is 7.84. The molecule has 1 unspecified atom stereocenters. The lowest BCUT2D eigenvalue weighted by atomic mass is 9.95. The van der Waals surface area contributed by atoms with Crippen molar-refractivity contribution in [1.82, 2.24) is 30.1 Å². The summed E-state index contributed by atoms with van der Waals surface area (Å²) in [6.45, 7) is 5.53. The first-order chi connectivity index (χ1) is 18.6. The smallest absolute Gasteiger partial charge is 0.252 e. The summed E-state index contributed by atoms with van der Waals surface area (Å²) < 4.78 is 13.2. The highest BCUT2D eigenvalue weighted by Gasteiger charge is 2.29. The standard InChI is InChI=1S/C29H34N6O3/c1-3-25(28-31-32-33-35(28)23-7-5-4-6-8-23)34(16-20-10-12-26-27(14-20)38-18-37-26)17-22-15-21-13-19(2)9-11-24(21)30-29(22)36/h9-15,23,25H,3-8,16-18H2,1-2H3,(H,30,36). The SMILES string of the molecule is CCC(c1nnnn1C1CCCCC1)N(Cc1ccc2c(c1)OCO2)Cc1cc2cc(C)ccc2[nH]c1=O. The molecular formula is C29H34N6O3. The van der Waals surface area contributed by atoms with Crippen molar-refractivity contribution in [2.45, 2.75) is 77.5 Å². The van der Waals surface area contributed by atoms with Gasteiger partial charge < -0.3 is 14.5 Å². The van der Waals surface area contributed by atoms with E-state index in [1.807, 2.05) is 35.0 Å². The molecular weight excluding hydrogens is 480 g/mol. The van der Waals surface area contributed by atoms with Gasteiger partial charge in [0.25, 0.3) is 5.56 Å². The number of aromatic nitrogens is 5. The van der Waals surface area contributed by atoms with Crippen LogP contribution in [-0.2, 0) is 13.1 Å². The molecule has 4 aromatic rings. The number of fused-ring (bicyclic) bond motifs is 2. The van der Waals surface area contributed by atoms with E-state index in [2.05, 4.69) is 51.4 Å². The van der Waals surface area contributed by atoms with Crippen LogP contribution in [0.5, 0.6) is 11.5 Å². The van der Waals surface area contributed by atoms with Crippen molar-refractivity contribution < 1.29 is 9.47 Å². The average molecular weight is 515 g/mol. The van der Waals surface area contributed by atoms with Gasteiger partial charge in [0.15, 0.2) is 17.3 Å². The van der Waals surface area contributed by atoms with Gasteiger partial charge in [-0.3, -0.25) is 9.69 Å². The topological polar surface area (TPSA) is 98.2 Å². The summed E-state index contributed by atoms with van der Waals surface area (Å²) in [5, 5.41) is 14.1. The van der Waals surface area contributed by atoms with Crippen LogP contribution in [0.3, 0.4) is 0 Å². The fourth-order valence-electron chi connectivity index (χ4n) is 5.87. The second-order valence-corrected chi connectivity index (χ2v) is 10.5. The van der Waals surface area contributed by atoms with Gasteiger partial charge in [-0.1, -0.05) is 43.9 Å². The Labute approximate surface area is 221 Å². The van der Waals surface area contributed by atoms with Crippen molar-refractivity contribution in [2.24, 2.45) is 0 Å². The second kappa shape index (κ2) is 10.6. The molecule has 0 amide bonds. The van der Waals surface area contributed by atoms with Crippen LogP contribution in [0.1, 0.15) is 80.0 Å². The fourth-order valence-corrected chi connectivity index (χ4v) is 5.87. The molecule has 9 nitrogen and oxygen atoms in total. The zero-order valence-electron chi connectivity index (χ0n) is 22.0. The maximum absolute atomic E-state index is 13.2. The Kier molecular flexibility index (Phi) is 6.84. The van der Waals surface area contributed by atoms with E-state index >= 15 is 0 Å². The van der Waals surface area contributed by atoms with Crippen molar-refractivity contribution in [1.29, 1.82) is 0 Å². The monoisotopic (exact) mass is 514 g/mol. The minimum absolute atomic E-state index is 0.0649. The lowest BCUT2D eigenvalue weighted by molar-refractivity contribution is 0.155. The molecule has 0 radical (unpaired) electrons. The van der Waals surface area contributed by atoms with Crippen LogP contribution in [0.15, 0.2) is 47.3 Å². The predicted molar refractivity (Wildman–Crippen MR) is 144 cm³/mol. The molecule has 1 aliphatic carbocycles. The van der Waals surface area contributed by atoms with E-state index in [4.69, 9.17) is 9.47 Å². The third-order valence-electron chi connectivity index (χ3n) is 7.84. The Balaban J connectivity index is 1.38. The summed E-state index contributed by atoms with van der Waals surface area (Å²) >= 11 is 0. The van der Waals surface area contributed by atoms with Crippen LogP contribution in [0.25, 0.3) is 10.9 Å². The van der Waals surface area contributed by atoms with E-state index in [1.54, 1.807) is 0 Å². The van der Waals surface area contributed by atoms with E-state index in [1.165, 1.54) is 19.3 Å². The second-order valence-electron chi connectivity index (χ2n) is 10.5. The summed E-state index contributed by atoms with van der Waals surface area (Å²) in [5.41, 5.74) is 3.74. The summed E-state index contributed by atoms with van der Waals surface area (Å²) in [6.07, 6.45) is 6.68. The number of nitrogens with one attached hydrogen (secondary N) is 1. The largest absolute Gasteiger partial charge is 0.454 e. The normalized spacial score (nSPS) is 16.4. The van der Waals surface area contributed by atoms with Gasteiger partial charge in [0.05, 0.1) is 12.1 Å². The lowest BCUT2D eigenvalue weighted by Crippen LogP contribution is -2.33. The third kappa shape index (κ3) is 4.90. The first kappa shape index (κ1) is 24.6. The quantitative estimate of drug-likeness (QED) is 0.345. The Morgan fingerprint density at radius 2 is 1.89 bits per heavy atom. The van der Waals surface area contributed by atoms with Gasteiger partial charge in [-0.25, -0.2) is 4.68 Å². The first-order valence-electron chi connectivity index (χ1n) is 13.6. The highest BCUT2D eigenvalue weighted by molar-refractivity contribution is 5.79. The summed E-state index contributed by atoms with van der Waals surface area (Å²) in [4.78, 5) is 18.6. The molecule has 1 N–H and O–H groups in total. The van der Waals surface area contributed by atoms with Gasteiger partial charge >= 0.3 is 0 Å². The molecule has 1 fully saturated rings. The minimum Gasteiger partial charge on any atom is -0.454 e. The summed E-state index contributed by atoms with van der Waals surface area (Å²) in [6, 6.07) is 14.4. The Bertz CT molecular complexity index is 1490. The van der Waals surface area contributed by atoms with Gasteiger partial charge in [-0.15, -0.1) is 5.10 Å². The van der Waals surface area contributed by atoms with E-state index in [0.29, 0.717) is 19.1 Å². The van der Waals surface area contributed by atoms with E-state index in [0.717, 1.165) is 64.2 Å². The molecule has 2 aromatic heterocycles. The van der Waals surface area contributed by atoms with Crippen LogP contribution < -0.4 is 15.0 Å². The van der Waals surface area contributed by atoms with E-state index in [-0.39, 0.29) is 18.4 Å². The minimum atomic E-state index is -0.0706. The molecule has 0 spiro atoms. The molecule has 3 heterocycles. The molecule has 1 atom stereocenters. The van der Waals surface area contributed by atoms with E-state index in [9.17, 15) is 4.79 Å². The number of benzene rings is 2. The number of hydrogen-bond acceptors (Lipinski definition) is 7. The molecule has 198 valence electrons. The number of hydrogen-bond donors (Lipinski definition) is 1. The average Bonchev–Trinajstić information content (AvgIpc) is 3.60. The van der Waals surface area contributed by atoms with Gasteiger partial charge in [-0.2, -0.15) is 0 Å². The molecule has 1 saturated carbocycles. The zero-order chi connectivity index (χ0) is 26.1. The lowest BCUT2D eigenvalue weighted by Gasteiger charge is -2.32. The molecule has 38 heavy (non-hydrogen) atoms. The summed E-state index contributed by atoms with van der Waals surface area (Å²) in [5.74, 6) is 2.38. The number of H-pyrrole nitrogens is 1. The van der Waals surface area contributed by atoms with Crippen molar-refractivity contribution in [2.75, 3.05) is 6.79 Å². The highest BCUT2D eigenvalue weighted by atomic mass is 16.7.